The lowest BCUT2D eigenvalue weighted by molar-refractivity contribution is -0.137. The summed E-state index contributed by atoms with van der Waals surface area (Å²) in [6, 6.07) is 5.98. The van der Waals surface area contributed by atoms with Crippen LogP contribution in [0.15, 0.2) is 47.4 Å². The van der Waals surface area contributed by atoms with Gasteiger partial charge in [0.15, 0.2) is 11.6 Å². The second-order valence-electron chi connectivity index (χ2n) is 6.60. The van der Waals surface area contributed by atoms with E-state index in [1.54, 1.807) is 0 Å². The van der Waals surface area contributed by atoms with Gasteiger partial charge in [-0.15, -0.1) is 5.10 Å². The highest BCUT2D eigenvalue weighted by Gasteiger charge is 2.30. The number of benzene rings is 2. The fourth-order valence-corrected chi connectivity index (χ4v) is 2.94. The standard InChI is InChI=1S/C19H12F5N5O2/c20-12-5-11-14(6-13(12)21)25-7-15(11)26-17(30)16-27-18(31)29(28-16)8-9-1-3-10(4-2-9)19(22,23)24/h1-7,25H,8H2,(H,26,30)(H,27,28,31). The monoisotopic (exact) mass is 437 g/mol. The van der Waals surface area contributed by atoms with E-state index in [0.29, 0.717) is 5.56 Å². The molecule has 0 unspecified atom stereocenters. The molecule has 31 heavy (non-hydrogen) atoms. The summed E-state index contributed by atoms with van der Waals surface area (Å²) in [7, 11) is 0. The number of anilines is 1. The van der Waals surface area contributed by atoms with Crippen LogP contribution in [0, 0.1) is 11.6 Å². The third-order valence-electron chi connectivity index (χ3n) is 4.48. The molecule has 160 valence electrons. The third kappa shape index (κ3) is 4.04. The van der Waals surface area contributed by atoms with Crippen molar-refractivity contribution in [3.8, 4) is 0 Å². The number of amides is 1. The van der Waals surface area contributed by atoms with Gasteiger partial charge in [-0.1, -0.05) is 12.1 Å². The van der Waals surface area contributed by atoms with Crippen LogP contribution in [0.3, 0.4) is 0 Å². The number of aromatic amines is 2. The summed E-state index contributed by atoms with van der Waals surface area (Å²) >= 11 is 0. The lowest BCUT2D eigenvalue weighted by Crippen LogP contribution is -2.18. The average molecular weight is 437 g/mol. The van der Waals surface area contributed by atoms with Crippen LogP contribution in [0.1, 0.15) is 21.7 Å². The number of hydrogen-bond donors (Lipinski definition) is 3. The second kappa shape index (κ2) is 7.38. The maximum atomic E-state index is 13.5. The zero-order chi connectivity index (χ0) is 22.3. The van der Waals surface area contributed by atoms with Crippen LogP contribution >= 0.6 is 0 Å². The first-order valence-corrected chi connectivity index (χ1v) is 8.72. The van der Waals surface area contributed by atoms with Gasteiger partial charge in [0.05, 0.1) is 23.3 Å². The minimum Gasteiger partial charge on any atom is -0.359 e. The van der Waals surface area contributed by atoms with Crippen LogP contribution in [-0.2, 0) is 12.7 Å². The van der Waals surface area contributed by atoms with E-state index in [0.717, 1.165) is 28.9 Å². The van der Waals surface area contributed by atoms with Crippen molar-refractivity contribution >= 4 is 22.5 Å². The number of nitrogens with zero attached hydrogens (tertiary/aromatic N) is 2. The number of halogens is 5. The fourth-order valence-electron chi connectivity index (χ4n) is 2.94. The Hall–Kier alpha value is -3.96. The second-order valence-corrected chi connectivity index (χ2v) is 6.60. The lowest BCUT2D eigenvalue weighted by atomic mass is 10.1. The first-order chi connectivity index (χ1) is 14.6. The van der Waals surface area contributed by atoms with Crippen LogP contribution in [0.5, 0.6) is 0 Å². The number of fused-ring (bicyclic) bond motifs is 1. The van der Waals surface area contributed by atoms with Gasteiger partial charge in [-0.05, 0) is 23.8 Å². The van der Waals surface area contributed by atoms with E-state index in [-0.39, 0.29) is 29.0 Å². The van der Waals surface area contributed by atoms with E-state index in [1.165, 1.54) is 18.3 Å². The summed E-state index contributed by atoms with van der Waals surface area (Å²) < 4.78 is 65.6. The highest BCUT2D eigenvalue weighted by atomic mass is 19.4. The van der Waals surface area contributed by atoms with Crippen molar-refractivity contribution in [1.82, 2.24) is 19.7 Å². The van der Waals surface area contributed by atoms with Gasteiger partial charge in [-0.25, -0.2) is 18.3 Å². The Labute approximate surface area is 169 Å². The molecule has 0 aliphatic rings. The van der Waals surface area contributed by atoms with Crippen molar-refractivity contribution in [3.05, 3.63) is 81.7 Å². The van der Waals surface area contributed by atoms with E-state index < -0.39 is 35.0 Å². The molecule has 0 aliphatic heterocycles. The molecule has 0 saturated heterocycles. The summed E-state index contributed by atoms with van der Waals surface area (Å²) in [5, 5.41) is 6.47. The fraction of sp³-hybridized carbons (Fsp3) is 0.105. The minimum absolute atomic E-state index is 0.136. The van der Waals surface area contributed by atoms with Crippen molar-refractivity contribution < 1.29 is 26.7 Å². The number of alkyl halides is 3. The van der Waals surface area contributed by atoms with Crippen LogP contribution < -0.4 is 11.0 Å². The lowest BCUT2D eigenvalue weighted by Gasteiger charge is -2.07. The van der Waals surface area contributed by atoms with Gasteiger partial charge in [-0.3, -0.25) is 9.78 Å². The molecule has 0 spiro atoms. The Morgan fingerprint density at radius 2 is 1.77 bits per heavy atom. The molecule has 4 rings (SSSR count). The van der Waals surface area contributed by atoms with Crippen molar-refractivity contribution in [2.75, 3.05) is 5.32 Å². The number of H-pyrrole nitrogens is 2. The van der Waals surface area contributed by atoms with Crippen molar-refractivity contribution in [1.29, 1.82) is 0 Å². The highest BCUT2D eigenvalue weighted by Crippen LogP contribution is 2.29. The minimum atomic E-state index is -4.48. The molecule has 0 atom stereocenters. The van der Waals surface area contributed by atoms with Crippen molar-refractivity contribution in [2.45, 2.75) is 12.7 Å². The maximum absolute atomic E-state index is 13.5. The van der Waals surface area contributed by atoms with Gasteiger partial charge in [-0.2, -0.15) is 13.2 Å². The molecule has 2 aromatic heterocycles. The zero-order valence-corrected chi connectivity index (χ0v) is 15.3. The molecule has 0 radical (unpaired) electrons. The SMILES string of the molecule is O=C(Nc1c[nH]c2cc(F)c(F)cc12)c1nn(Cc2ccc(C(F)(F)F)cc2)c(=O)[nH]1. The average Bonchev–Trinajstić information content (AvgIpc) is 3.26. The van der Waals surface area contributed by atoms with Gasteiger partial charge in [0.1, 0.15) is 0 Å². The molecule has 0 saturated carbocycles. The zero-order valence-electron chi connectivity index (χ0n) is 15.3. The smallest absolute Gasteiger partial charge is 0.359 e. The molecule has 2 heterocycles. The number of rotatable bonds is 4. The van der Waals surface area contributed by atoms with E-state index in [4.69, 9.17) is 0 Å². The Kier molecular flexibility index (Phi) is 4.84. The number of aromatic nitrogens is 4. The Balaban J connectivity index is 1.53. The molecular formula is C19H12F5N5O2. The normalized spacial score (nSPS) is 11.8. The summed E-state index contributed by atoms with van der Waals surface area (Å²) in [5.41, 5.74) is -0.840. The largest absolute Gasteiger partial charge is 0.416 e. The van der Waals surface area contributed by atoms with Crippen LogP contribution in [0.4, 0.5) is 27.6 Å². The highest BCUT2D eigenvalue weighted by molar-refractivity contribution is 6.07. The molecule has 0 fully saturated rings. The Morgan fingerprint density at radius 1 is 1.10 bits per heavy atom. The molecule has 7 nitrogen and oxygen atoms in total. The maximum Gasteiger partial charge on any atom is 0.416 e. The summed E-state index contributed by atoms with van der Waals surface area (Å²) in [6.07, 6.45) is -3.16. The summed E-state index contributed by atoms with van der Waals surface area (Å²) in [6.45, 7) is -0.168. The predicted molar refractivity (Wildman–Crippen MR) is 99.6 cm³/mol. The Morgan fingerprint density at radius 3 is 2.45 bits per heavy atom. The number of carbonyl (C=O) groups excluding carboxylic acids is 1. The van der Waals surface area contributed by atoms with Gasteiger partial charge in [0.25, 0.3) is 5.91 Å². The van der Waals surface area contributed by atoms with E-state index in [1.807, 2.05) is 0 Å². The van der Waals surface area contributed by atoms with E-state index >= 15 is 0 Å². The van der Waals surface area contributed by atoms with Gasteiger partial charge in [0, 0.05) is 17.6 Å². The number of hydrogen-bond acceptors (Lipinski definition) is 3. The molecule has 0 bridgehead atoms. The quantitative estimate of drug-likeness (QED) is 0.426. The Bertz CT molecular complexity index is 1330. The molecule has 1 amide bonds. The molecule has 2 aromatic carbocycles. The van der Waals surface area contributed by atoms with E-state index in [2.05, 4.69) is 20.4 Å². The molecule has 4 aromatic rings. The number of nitrogens with one attached hydrogen (secondary N) is 3. The van der Waals surface area contributed by atoms with Crippen LogP contribution in [0.2, 0.25) is 0 Å². The topological polar surface area (TPSA) is 95.6 Å². The predicted octanol–water partition coefficient (Wildman–Crippen LogP) is 3.65. The summed E-state index contributed by atoms with van der Waals surface area (Å²) in [4.78, 5) is 29.4. The molecule has 3 N–H and O–H groups in total. The first kappa shape index (κ1) is 20.3. The molecule has 12 heteroatoms. The molecule has 0 aliphatic carbocycles. The van der Waals surface area contributed by atoms with Crippen LogP contribution in [-0.4, -0.2) is 25.7 Å². The van der Waals surface area contributed by atoms with Gasteiger partial charge >= 0.3 is 11.9 Å². The van der Waals surface area contributed by atoms with Gasteiger partial charge in [0.2, 0.25) is 5.82 Å². The summed E-state index contributed by atoms with van der Waals surface area (Å²) in [5.74, 6) is -3.35. The third-order valence-corrected chi connectivity index (χ3v) is 4.48. The number of carbonyl (C=O) groups is 1. The first-order valence-electron chi connectivity index (χ1n) is 8.72. The van der Waals surface area contributed by atoms with E-state index in [9.17, 15) is 31.5 Å². The van der Waals surface area contributed by atoms with Gasteiger partial charge < -0.3 is 10.3 Å². The van der Waals surface area contributed by atoms with Crippen molar-refractivity contribution in [3.63, 3.8) is 0 Å². The molecular weight excluding hydrogens is 425 g/mol. The van der Waals surface area contributed by atoms with Crippen LogP contribution in [0.25, 0.3) is 10.9 Å². The van der Waals surface area contributed by atoms with Crippen molar-refractivity contribution in [2.24, 2.45) is 0 Å².